The van der Waals surface area contributed by atoms with Gasteiger partial charge in [0, 0.05) is 30.6 Å². The van der Waals surface area contributed by atoms with E-state index in [1.807, 2.05) is 29.2 Å². The van der Waals surface area contributed by atoms with Gasteiger partial charge >= 0.3 is 0 Å². The maximum atomic E-state index is 12.4. The van der Waals surface area contributed by atoms with Crippen LogP contribution in [0.3, 0.4) is 0 Å². The van der Waals surface area contributed by atoms with Gasteiger partial charge in [-0.1, -0.05) is 12.1 Å². The molecule has 2 N–H and O–H groups in total. The summed E-state index contributed by atoms with van der Waals surface area (Å²) in [5.74, 6) is 0.196. The number of aromatic nitrogens is 1. The molecule has 160 valence electrons. The van der Waals surface area contributed by atoms with Gasteiger partial charge in [-0.05, 0) is 37.1 Å². The molecular weight excluding hydrogens is 416 g/mol. The van der Waals surface area contributed by atoms with Crippen LogP contribution in [-0.2, 0) is 22.6 Å². The number of thiazole rings is 1. The van der Waals surface area contributed by atoms with Crippen molar-refractivity contribution in [2.75, 3.05) is 17.2 Å². The van der Waals surface area contributed by atoms with E-state index in [1.165, 1.54) is 17.6 Å². The van der Waals surface area contributed by atoms with Gasteiger partial charge in [-0.15, -0.1) is 11.3 Å². The van der Waals surface area contributed by atoms with Crippen molar-refractivity contribution < 1.29 is 18.8 Å². The SMILES string of the molecule is Cc1occc1C(=O)Nc1nc(CC(=O)Nc2cccc(CN3CCCC3=O)c2)cs1. The molecule has 31 heavy (non-hydrogen) atoms. The summed E-state index contributed by atoms with van der Waals surface area (Å²) >= 11 is 1.26. The summed E-state index contributed by atoms with van der Waals surface area (Å²) in [7, 11) is 0. The predicted octanol–water partition coefficient (Wildman–Crippen LogP) is 3.60. The maximum absolute atomic E-state index is 12.4. The zero-order valence-electron chi connectivity index (χ0n) is 17.0. The number of rotatable bonds is 7. The number of furan rings is 1. The molecule has 1 saturated heterocycles. The fourth-order valence-corrected chi connectivity index (χ4v) is 4.14. The Hall–Kier alpha value is -3.46. The Morgan fingerprint density at radius 3 is 2.87 bits per heavy atom. The van der Waals surface area contributed by atoms with Gasteiger partial charge < -0.3 is 14.6 Å². The lowest BCUT2D eigenvalue weighted by Crippen LogP contribution is -2.23. The lowest BCUT2D eigenvalue weighted by molar-refractivity contribution is -0.128. The van der Waals surface area contributed by atoms with Crippen LogP contribution in [0.4, 0.5) is 10.8 Å². The van der Waals surface area contributed by atoms with Crippen LogP contribution in [0.1, 0.15) is 40.2 Å². The Labute approximate surface area is 183 Å². The second-order valence-corrected chi connectivity index (χ2v) is 8.19. The van der Waals surface area contributed by atoms with Crippen LogP contribution in [0.2, 0.25) is 0 Å². The van der Waals surface area contributed by atoms with Crippen LogP contribution in [0.15, 0.2) is 46.4 Å². The van der Waals surface area contributed by atoms with Gasteiger partial charge in [0.1, 0.15) is 5.76 Å². The quantitative estimate of drug-likeness (QED) is 0.586. The van der Waals surface area contributed by atoms with Crippen molar-refractivity contribution in [1.82, 2.24) is 9.88 Å². The van der Waals surface area contributed by atoms with E-state index < -0.39 is 0 Å². The molecule has 1 fully saturated rings. The van der Waals surface area contributed by atoms with Crippen molar-refractivity contribution in [2.24, 2.45) is 0 Å². The number of carbonyl (C=O) groups is 3. The summed E-state index contributed by atoms with van der Waals surface area (Å²) in [5.41, 5.74) is 2.67. The van der Waals surface area contributed by atoms with Crippen LogP contribution in [0, 0.1) is 6.92 Å². The first-order valence-corrected chi connectivity index (χ1v) is 10.8. The molecule has 0 atom stereocenters. The number of likely N-dealkylation sites (tertiary alicyclic amines) is 1. The lowest BCUT2D eigenvalue weighted by atomic mass is 10.2. The van der Waals surface area contributed by atoms with Gasteiger partial charge in [0.15, 0.2) is 5.13 Å². The first kappa shape index (κ1) is 20.8. The van der Waals surface area contributed by atoms with E-state index in [4.69, 9.17) is 4.42 Å². The lowest BCUT2D eigenvalue weighted by Gasteiger charge is -2.16. The van der Waals surface area contributed by atoms with E-state index in [1.54, 1.807) is 18.4 Å². The van der Waals surface area contributed by atoms with Crippen LogP contribution in [0.5, 0.6) is 0 Å². The zero-order chi connectivity index (χ0) is 21.8. The van der Waals surface area contributed by atoms with Crippen molar-refractivity contribution in [2.45, 2.75) is 32.7 Å². The van der Waals surface area contributed by atoms with Gasteiger partial charge in [-0.3, -0.25) is 19.7 Å². The number of nitrogens with one attached hydrogen (secondary N) is 2. The Bertz CT molecular complexity index is 1120. The number of amides is 3. The van der Waals surface area contributed by atoms with Gasteiger partial charge in [0.05, 0.1) is 23.9 Å². The normalized spacial score (nSPS) is 13.5. The summed E-state index contributed by atoms with van der Waals surface area (Å²) in [6.45, 7) is 3.04. The van der Waals surface area contributed by atoms with Gasteiger partial charge in [0.2, 0.25) is 11.8 Å². The molecule has 3 aromatic rings. The number of aryl methyl sites for hydroxylation is 1. The molecule has 1 aliphatic heterocycles. The fourth-order valence-electron chi connectivity index (χ4n) is 3.44. The van der Waals surface area contributed by atoms with Crippen LogP contribution in [-0.4, -0.2) is 34.2 Å². The van der Waals surface area contributed by atoms with Crippen LogP contribution < -0.4 is 10.6 Å². The number of hydrogen-bond donors (Lipinski definition) is 2. The summed E-state index contributed by atoms with van der Waals surface area (Å²) < 4.78 is 5.14. The Morgan fingerprint density at radius 1 is 1.26 bits per heavy atom. The molecule has 2 aromatic heterocycles. The van der Waals surface area contributed by atoms with Gasteiger partial charge in [0.25, 0.3) is 5.91 Å². The third-order valence-electron chi connectivity index (χ3n) is 4.97. The number of benzene rings is 1. The highest BCUT2D eigenvalue weighted by molar-refractivity contribution is 7.14. The first-order valence-electron chi connectivity index (χ1n) is 9.94. The van der Waals surface area contributed by atoms with Crippen LogP contribution in [0.25, 0.3) is 0 Å². The van der Waals surface area contributed by atoms with Crippen molar-refractivity contribution in [1.29, 1.82) is 0 Å². The molecule has 0 bridgehead atoms. The highest BCUT2D eigenvalue weighted by Crippen LogP contribution is 2.20. The second-order valence-electron chi connectivity index (χ2n) is 7.33. The van der Waals surface area contributed by atoms with Gasteiger partial charge in [-0.25, -0.2) is 4.98 Å². The summed E-state index contributed by atoms with van der Waals surface area (Å²) in [6.07, 6.45) is 3.05. The third kappa shape index (κ3) is 5.18. The van der Waals surface area contributed by atoms with E-state index in [9.17, 15) is 14.4 Å². The molecule has 0 radical (unpaired) electrons. The van der Waals surface area contributed by atoms with Crippen LogP contribution >= 0.6 is 11.3 Å². The molecule has 4 rings (SSSR count). The number of nitrogens with zero attached hydrogens (tertiary/aromatic N) is 2. The van der Waals surface area contributed by atoms with Crippen molar-refractivity contribution in [3.8, 4) is 0 Å². The molecule has 8 nitrogen and oxygen atoms in total. The van der Waals surface area contributed by atoms with E-state index in [0.29, 0.717) is 40.8 Å². The highest BCUT2D eigenvalue weighted by Gasteiger charge is 2.20. The average molecular weight is 439 g/mol. The molecule has 1 aliphatic rings. The topological polar surface area (TPSA) is 105 Å². The molecule has 0 aliphatic carbocycles. The van der Waals surface area contributed by atoms with Crippen molar-refractivity contribution in [3.05, 3.63) is 64.6 Å². The average Bonchev–Trinajstić information content (AvgIpc) is 3.45. The maximum Gasteiger partial charge on any atom is 0.260 e. The number of carbonyl (C=O) groups excluding carboxylic acids is 3. The third-order valence-corrected chi connectivity index (χ3v) is 5.78. The summed E-state index contributed by atoms with van der Waals surface area (Å²) in [4.78, 5) is 42.6. The molecule has 9 heteroatoms. The molecular formula is C22H22N4O4S. The standard InChI is InChI=1S/C22H22N4O4S/c1-14-18(7-9-30-14)21(29)25-22-24-17(13-31-22)11-19(27)23-16-5-2-4-15(10-16)12-26-8-3-6-20(26)28/h2,4-5,7,9-10,13H,3,6,8,11-12H2,1H3,(H,23,27)(H,24,25,29). The number of anilines is 2. The van der Waals surface area contributed by atoms with Gasteiger partial charge in [-0.2, -0.15) is 0 Å². The van der Waals surface area contributed by atoms with Crippen molar-refractivity contribution in [3.63, 3.8) is 0 Å². The van der Waals surface area contributed by atoms with E-state index in [2.05, 4.69) is 15.6 Å². The zero-order valence-corrected chi connectivity index (χ0v) is 17.8. The Balaban J connectivity index is 1.32. The molecule has 0 spiro atoms. The summed E-state index contributed by atoms with van der Waals surface area (Å²) in [5, 5.41) is 7.75. The minimum atomic E-state index is -0.301. The molecule has 1 aromatic carbocycles. The smallest absolute Gasteiger partial charge is 0.260 e. The number of hydrogen-bond acceptors (Lipinski definition) is 6. The first-order chi connectivity index (χ1) is 15.0. The minimum absolute atomic E-state index is 0.0892. The van der Waals surface area contributed by atoms with E-state index in [-0.39, 0.29) is 24.1 Å². The predicted molar refractivity (Wildman–Crippen MR) is 117 cm³/mol. The minimum Gasteiger partial charge on any atom is -0.469 e. The Morgan fingerprint density at radius 2 is 2.13 bits per heavy atom. The molecule has 3 heterocycles. The Kier molecular flexibility index (Phi) is 6.13. The van der Waals surface area contributed by atoms with E-state index >= 15 is 0 Å². The fraction of sp³-hybridized carbons (Fsp3) is 0.273. The second kappa shape index (κ2) is 9.13. The molecule has 0 saturated carbocycles. The highest BCUT2D eigenvalue weighted by atomic mass is 32.1. The van der Waals surface area contributed by atoms with E-state index in [0.717, 1.165) is 18.5 Å². The summed E-state index contributed by atoms with van der Waals surface area (Å²) in [6, 6.07) is 9.09. The monoisotopic (exact) mass is 438 g/mol. The van der Waals surface area contributed by atoms with Crippen molar-refractivity contribution >= 4 is 39.9 Å². The molecule has 0 unspecified atom stereocenters. The largest absolute Gasteiger partial charge is 0.469 e. The molecule has 3 amide bonds.